The van der Waals surface area contributed by atoms with E-state index in [1.165, 1.54) is 0 Å². The molecule has 4 nitrogen and oxygen atoms in total. The third kappa shape index (κ3) is 7.03. The maximum atomic E-state index is 5.94. The van der Waals surface area contributed by atoms with Crippen LogP contribution in [-0.2, 0) is 11.3 Å². The molecule has 5 heteroatoms. The molecule has 0 saturated heterocycles. The lowest BCUT2D eigenvalue weighted by molar-refractivity contribution is 0.145. The minimum absolute atomic E-state index is 0.700. The van der Waals surface area contributed by atoms with Crippen LogP contribution in [-0.4, -0.2) is 32.8 Å². The van der Waals surface area contributed by atoms with Crippen LogP contribution in [0.1, 0.15) is 18.9 Å². The zero-order valence-electron chi connectivity index (χ0n) is 11.6. The first kappa shape index (κ1) is 15.8. The Kier molecular flexibility index (Phi) is 8.02. The van der Waals surface area contributed by atoms with Crippen molar-refractivity contribution in [1.82, 2.24) is 10.6 Å². The van der Waals surface area contributed by atoms with Gasteiger partial charge in [-0.25, -0.2) is 0 Å². The van der Waals surface area contributed by atoms with E-state index in [-0.39, 0.29) is 0 Å². The van der Waals surface area contributed by atoms with Crippen molar-refractivity contribution in [2.24, 2.45) is 4.99 Å². The van der Waals surface area contributed by atoms with E-state index in [1.807, 2.05) is 31.2 Å². The Balaban J connectivity index is 2.25. The van der Waals surface area contributed by atoms with Crippen LogP contribution in [0.3, 0.4) is 0 Å². The van der Waals surface area contributed by atoms with Gasteiger partial charge >= 0.3 is 0 Å². The van der Waals surface area contributed by atoms with E-state index in [0.29, 0.717) is 6.54 Å². The SMILES string of the molecule is CCOCCCNC(=NC)NCc1cccc(Cl)c1. The van der Waals surface area contributed by atoms with Gasteiger partial charge < -0.3 is 15.4 Å². The highest BCUT2D eigenvalue weighted by Crippen LogP contribution is 2.10. The molecule has 0 aliphatic rings. The molecule has 0 aliphatic carbocycles. The molecule has 106 valence electrons. The standard InChI is InChI=1S/C14H22ClN3O/c1-3-19-9-5-8-17-14(16-2)18-11-12-6-4-7-13(15)10-12/h4,6-7,10H,3,5,8-9,11H2,1-2H3,(H2,16,17,18). The number of hydrogen-bond acceptors (Lipinski definition) is 2. The molecule has 0 bridgehead atoms. The second-order valence-electron chi connectivity index (χ2n) is 4.03. The molecule has 0 aromatic heterocycles. The lowest BCUT2D eigenvalue weighted by Gasteiger charge is -2.12. The summed E-state index contributed by atoms with van der Waals surface area (Å²) < 4.78 is 5.28. The maximum absolute atomic E-state index is 5.94. The van der Waals surface area contributed by atoms with E-state index in [4.69, 9.17) is 16.3 Å². The van der Waals surface area contributed by atoms with Gasteiger partial charge in [0.05, 0.1) is 0 Å². The molecule has 1 aromatic rings. The van der Waals surface area contributed by atoms with E-state index in [0.717, 1.165) is 42.7 Å². The number of halogens is 1. The van der Waals surface area contributed by atoms with Crippen LogP contribution in [0.4, 0.5) is 0 Å². The lowest BCUT2D eigenvalue weighted by Crippen LogP contribution is -2.37. The van der Waals surface area contributed by atoms with E-state index in [9.17, 15) is 0 Å². The molecular formula is C14H22ClN3O. The Morgan fingerprint density at radius 1 is 1.37 bits per heavy atom. The van der Waals surface area contributed by atoms with Crippen molar-refractivity contribution < 1.29 is 4.74 Å². The molecule has 0 radical (unpaired) electrons. The Morgan fingerprint density at radius 2 is 2.21 bits per heavy atom. The fraction of sp³-hybridized carbons (Fsp3) is 0.500. The van der Waals surface area contributed by atoms with Gasteiger partial charge in [-0.1, -0.05) is 23.7 Å². The molecular weight excluding hydrogens is 262 g/mol. The van der Waals surface area contributed by atoms with Gasteiger partial charge in [-0.3, -0.25) is 4.99 Å². The van der Waals surface area contributed by atoms with Gasteiger partial charge in [-0.2, -0.15) is 0 Å². The predicted molar refractivity (Wildman–Crippen MR) is 80.8 cm³/mol. The van der Waals surface area contributed by atoms with Crippen LogP contribution in [0.5, 0.6) is 0 Å². The van der Waals surface area contributed by atoms with Gasteiger partial charge in [0.15, 0.2) is 5.96 Å². The van der Waals surface area contributed by atoms with E-state index >= 15 is 0 Å². The highest BCUT2D eigenvalue weighted by molar-refractivity contribution is 6.30. The summed E-state index contributed by atoms with van der Waals surface area (Å²) >= 11 is 5.94. The largest absolute Gasteiger partial charge is 0.382 e. The van der Waals surface area contributed by atoms with Gasteiger partial charge in [0.1, 0.15) is 0 Å². The number of nitrogens with one attached hydrogen (secondary N) is 2. The number of ether oxygens (including phenoxy) is 1. The van der Waals surface area contributed by atoms with Crippen LogP contribution in [0.15, 0.2) is 29.3 Å². The number of hydrogen-bond donors (Lipinski definition) is 2. The van der Waals surface area contributed by atoms with Crippen molar-refractivity contribution in [3.63, 3.8) is 0 Å². The Morgan fingerprint density at radius 3 is 2.89 bits per heavy atom. The fourth-order valence-electron chi connectivity index (χ4n) is 1.58. The van der Waals surface area contributed by atoms with Gasteiger partial charge in [-0.15, -0.1) is 0 Å². The van der Waals surface area contributed by atoms with E-state index < -0.39 is 0 Å². The Bertz CT molecular complexity index is 396. The number of guanidine groups is 1. The third-order valence-electron chi connectivity index (χ3n) is 2.53. The first-order chi connectivity index (χ1) is 9.26. The normalized spacial score (nSPS) is 11.4. The quantitative estimate of drug-likeness (QED) is 0.459. The van der Waals surface area contributed by atoms with Gasteiger partial charge in [-0.05, 0) is 31.0 Å². The third-order valence-corrected chi connectivity index (χ3v) is 2.77. The van der Waals surface area contributed by atoms with Gasteiger partial charge in [0.2, 0.25) is 0 Å². The van der Waals surface area contributed by atoms with Crippen molar-refractivity contribution in [3.8, 4) is 0 Å². The number of benzene rings is 1. The molecule has 0 amide bonds. The van der Waals surface area contributed by atoms with Crippen molar-refractivity contribution in [2.75, 3.05) is 26.8 Å². The topological polar surface area (TPSA) is 45.6 Å². The van der Waals surface area contributed by atoms with E-state index in [1.54, 1.807) is 7.05 Å². The number of rotatable bonds is 7. The molecule has 19 heavy (non-hydrogen) atoms. The first-order valence-corrected chi connectivity index (χ1v) is 6.90. The summed E-state index contributed by atoms with van der Waals surface area (Å²) in [6.07, 6.45) is 0.964. The summed E-state index contributed by atoms with van der Waals surface area (Å²) in [5, 5.41) is 7.23. The Hall–Kier alpha value is -1.26. The van der Waals surface area contributed by atoms with Crippen molar-refractivity contribution in [3.05, 3.63) is 34.9 Å². The molecule has 0 fully saturated rings. The summed E-state index contributed by atoms with van der Waals surface area (Å²) in [7, 11) is 1.76. The van der Waals surface area contributed by atoms with Crippen LogP contribution in [0.2, 0.25) is 5.02 Å². The molecule has 0 spiro atoms. The molecule has 2 N–H and O–H groups in total. The average molecular weight is 284 g/mol. The first-order valence-electron chi connectivity index (χ1n) is 6.53. The lowest BCUT2D eigenvalue weighted by atomic mass is 10.2. The maximum Gasteiger partial charge on any atom is 0.191 e. The number of nitrogens with zero attached hydrogens (tertiary/aromatic N) is 1. The summed E-state index contributed by atoms with van der Waals surface area (Å²) in [6, 6.07) is 7.78. The highest BCUT2D eigenvalue weighted by Gasteiger charge is 1.98. The zero-order chi connectivity index (χ0) is 13.9. The van der Waals surface area contributed by atoms with E-state index in [2.05, 4.69) is 15.6 Å². The summed E-state index contributed by atoms with van der Waals surface area (Å²) in [4.78, 5) is 4.16. The minimum atomic E-state index is 0.700. The molecule has 1 rings (SSSR count). The van der Waals surface area contributed by atoms with Crippen LogP contribution in [0, 0.1) is 0 Å². The second kappa shape index (κ2) is 9.64. The van der Waals surface area contributed by atoms with Gasteiger partial charge in [0.25, 0.3) is 0 Å². The second-order valence-corrected chi connectivity index (χ2v) is 4.47. The van der Waals surface area contributed by atoms with Crippen molar-refractivity contribution in [2.45, 2.75) is 19.9 Å². The van der Waals surface area contributed by atoms with Gasteiger partial charge in [0, 0.05) is 38.4 Å². The number of aliphatic imine (C=N–C) groups is 1. The average Bonchev–Trinajstić information content (AvgIpc) is 2.42. The highest BCUT2D eigenvalue weighted by atomic mass is 35.5. The molecule has 0 heterocycles. The fourth-order valence-corrected chi connectivity index (χ4v) is 1.79. The minimum Gasteiger partial charge on any atom is -0.382 e. The molecule has 0 unspecified atom stereocenters. The van der Waals surface area contributed by atoms with Crippen molar-refractivity contribution in [1.29, 1.82) is 0 Å². The smallest absolute Gasteiger partial charge is 0.191 e. The van der Waals surface area contributed by atoms with Crippen molar-refractivity contribution >= 4 is 17.6 Å². The summed E-state index contributed by atoms with van der Waals surface area (Å²) in [6.45, 7) is 5.08. The molecule has 0 saturated carbocycles. The summed E-state index contributed by atoms with van der Waals surface area (Å²) in [5.74, 6) is 0.788. The summed E-state index contributed by atoms with van der Waals surface area (Å²) in [5.41, 5.74) is 1.13. The van der Waals surface area contributed by atoms with Crippen LogP contribution in [0.25, 0.3) is 0 Å². The Labute approximate surface area is 120 Å². The van der Waals surface area contributed by atoms with Crippen LogP contribution < -0.4 is 10.6 Å². The molecule has 0 atom stereocenters. The van der Waals surface area contributed by atoms with Crippen LogP contribution >= 0.6 is 11.6 Å². The molecule has 0 aliphatic heterocycles. The molecule has 1 aromatic carbocycles. The zero-order valence-corrected chi connectivity index (χ0v) is 12.3. The predicted octanol–water partition coefficient (Wildman–Crippen LogP) is 2.43. The monoisotopic (exact) mass is 283 g/mol.